The van der Waals surface area contributed by atoms with Gasteiger partial charge in [0.25, 0.3) is 0 Å². The molecule has 7 heteroatoms. The molecule has 3 amide bonds. The van der Waals surface area contributed by atoms with E-state index in [1.807, 2.05) is 13.8 Å². The van der Waals surface area contributed by atoms with Crippen molar-refractivity contribution in [1.82, 2.24) is 9.80 Å². The van der Waals surface area contributed by atoms with Crippen molar-refractivity contribution in [2.24, 2.45) is 17.6 Å². The van der Waals surface area contributed by atoms with Crippen LogP contribution in [-0.4, -0.2) is 59.0 Å². The highest BCUT2D eigenvalue weighted by Crippen LogP contribution is 2.18. The largest absolute Gasteiger partial charge is 0.481 e. The lowest BCUT2D eigenvalue weighted by molar-refractivity contribution is -0.143. The van der Waals surface area contributed by atoms with Crippen LogP contribution in [0.2, 0.25) is 0 Å². The van der Waals surface area contributed by atoms with Gasteiger partial charge in [0, 0.05) is 19.6 Å². The van der Waals surface area contributed by atoms with Crippen molar-refractivity contribution in [3.63, 3.8) is 0 Å². The molecule has 7 nitrogen and oxygen atoms in total. The molecule has 1 fully saturated rings. The minimum atomic E-state index is -0.882. The molecule has 0 bridgehead atoms. The Kier molecular flexibility index (Phi) is 5.79. The van der Waals surface area contributed by atoms with Gasteiger partial charge in [-0.1, -0.05) is 13.8 Å². The summed E-state index contributed by atoms with van der Waals surface area (Å²) in [7, 11) is 0. The molecule has 1 atom stereocenters. The Hall–Kier alpha value is -1.79. The lowest BCUT2D eigenvalue weighted by atomic mass is 9.98. The van der Waals surface area contributed by atoms with Crippen molar-refractivity contribution in [3.8, 4) is 0 Å². The minimum absolute atomic E-state index is 0.134. The summed E-state index contributed by atoms with van der Waals surface area (Å²) >= 11 is 0. The van der Waals surface area contributed by atoms with Gasteiger partial charge in [0.1, 0.15) is 6.54 Å². The van der Waals surface area contributed by atoms with Gasteiger partial charge in [-0.05, 0) is 18.8 Å². The van der Waals surface area contributed by atoms with Crippen molar-refractivity contribution in [1.29, 1.82) is 0 Å². The Morgan fingerprint density at radius 1 is 1.40 bits per heavy atom. The Bertz CT molecular complexity index is 384. The first-order valence-corrected chi connectivity index (χ1v) is 6.86. The summed E-state index contributed by atoms with van der Waals surface area (Å²) in [5.41, 5.74) is 5.17. The van der Waals surface area contributed by atoms with Crippen LogP contribution >= 0.6 is 0 Å². The van der Waals surface area contributed by atoms with Crippen LogP contribution in [0, 0.1) is 11.8 Å². The molecule has 0 aromatic carbocycles. The summed E-state index contributed by atoms with van der Waals surface area (Å²) in [6.07, 6.45) is 1.24. The second kappa shape index (κ2) is 7.12. The van der Waals surface area contributed by atoms with Crippen LogP contribution in [0.5, 0.6) is 0 Å². The summed E-state index contributed by atoms with van der Waals surface area (Å²) in [6.45, 7) is 4.90. The van der Waals surface area contributed by atoms with Crippen molar-refractivity contribution in [2.75, 3.05) is 26.2 Å². The zero-order chi connectivity index (χ0) is 15.3. The molecule has 0 aromatic rings. The molecule has 1 unspecified atom stereocenters. The summed E-state index contributed by atoms with van der Waals surface area (Å²) in [5.74, 6) is -1.76. The highest BCUT2D eigenvalue weighted by molar-refractivity contribution is 5.83. The molecule has 20 heavy (non-hydrogen) atoms. The first-order valence-electron chi connectivity index (χ1n) is 6.86. The van der Waals surface area contributed by atoms with Crippen molar-refractivity contribution >= 4 is 17.9 Å². The number of aliphatic carboxylic acids is 1. The number of hydrogen-bond donors (Lipinski definition) is 2. The fourth-order valence-corrected chi connectivity index (χ4v) is 2.39. The number of hydrogen-bond acceptors (Lipinski definition) is 3. The van der Waals surface area contributed by atoms with Crippen LogP contribution in [0.1, 0.15) is 26.7 Å². The number of primary amides is 1. The lowest BCUT2D eigenvalue weighted by Gasteiger charge is -2.35. The third-order valence-corrected chi connectivity index (χ3v) is 3.24. The van der Waals surface area contributed by atoms with Gasteiger partial charge in [0.05, 0.1) is 5.92 Å². The first kappa shape index (κ1) is 16.3. The van der Waals surface area contributed by atoms with Crippen LogP contribution < -0.4 is 5.73 Å². The van der Waals surface area contributed by atoms with Gasteiger partial charge in [-0.2, -0.15) is 0 Å². The van der Waals surface area contributed by atoms with Crippen molar-refractivity contribution in [3.05, 3.63) is 0 Å². The van der Waals surface area contributed by atoms with Gasteiger partial charge in [0.2, 0.25) is 5.91 Å². The second-order valence-electron chi connectivity index (χ2n) is 5.65. The molecule has 0 radical (unpaired) electrons. The average molecular weight is 285 g/mol. The molecule has 0 saturated carbocycles. The topological polar surface area (TPSA) is 104 Å². The monoisotopic (exact) mass is 285 g/mol. The molecular weight excluding hydrogens is 262 g/mol. The lowest BCUT2D eigenvalue weighted by Crippen LogP contribution is -2.51. The van der Waals surface area contributed by atoms with Crippen molar-refractivity contribution < 1.29 is 19.5 Å². The highest BCUT2D eigenvalue weighted by Gasteiger charge is 2.31. The van der Waals surface area contributed by atoms with E-state index in [1.54, 1.807) is 0 Å². The predicted octanol–water partition coefficient (Wildman–Crippen LogP) is 0.346. The van der Waals surface area contributed by atoms with E-state index in [9.17, 15) is 14.4 Å². The Morgan fingerprint density at radius 3 is 2.55 bits per heavy atom. The number of urea groups is 1. The van der Waals surface area contributed by atoms with E-state index in [4.69, 9.17) is 10.8 Å². The minimum Gasteiger partial charge on any atom is -0.481 e. The molecule has 0 spiro atoms. The Balaban J connectivity index is 2.72. The van der Waals surface area contributed by atoms with E-state index < -0.39 is 17.8 Å². The summed E-state index contributed by atoms with van der Waals surface area (Å²) < 4.78 is 0. The maximum atomic E-state index is 12.4. The third kappa shape index (κ3) is 4.71. The Morgan fingerprint density at radius 2 is 2.05 bits per heavy atom. The van der Waals surface area contributed by atoms with Crippen LogP contribution in [0.4, 0.5) is 4.79 Å². The van der Waals surface area contributed by atoms with Gasteiger partial charge in [0.15, 0.2) is 0 Å². The summed E-state index contributed by atoms with van der Waals surface area (Å²) in [6, 6.07) is -0.302. The molecule has 114 valence electrons. The van der Waals surface area contributed by atoms with Gasteiger partial charge in [-0.25, -0.2) is 4.79 Å². The summed E-state index contributed by atoms with van der Waals surface area (Å²) in [5, 5.41) is 9.04. The van der Waals surface area contributed by atoms with Crippen LogP contribution in [0.15, 0.2) is 0 Å². The number of nitrogens with zero attached hydrogens (tertiary/aromatic N) is 2. The van der Waals surface area contributed by atoms with E-state index in [2.05, 4.69) is 0 Å². The standard InChI is InChI=1S/C13H23N3O4/c1-9(2)6-16(8-11(14)17)13(20)15-5-3-4-10(7-15)12(18)19/h9-10H,3-8H2,1-2H3,(H2,14,17)(H,18,19). The molecule has 1 aliphatic rings. The molecular formula is C13H23N3O4. The normalized spacial score (nSPS) is 18.9. The SMILES string of the molecule is CC(C)CN(CC(N)=O)C(=O)N1CCCC(C(=O)O)C1. The number of piperidine rings is 1. The molecule has 1 heterocycles. The second-order valence-corrected chi connectivity index (χ2v) is 5.65. The maximum absolute atomic E-state index is 12.4. The zero-order valence-electron chi connectivity index (χ0n) is 12.0. The number of carbonyl (C=O) groups excluding carboxylic acids is 2. The van der Waals surface area contributed by atoms with Gasteiger partial charge >= 0.3 is 12.0 Å². The predicted molar refractivity (Wildman–Crippen MR) is 72.9 cm³/mol. The quantitative estimate of drug-likeness (QED) is 0.760. The molecule has 3 N–H and O–H groups in total. The van der Waals surface area contributed by atoms with Crippen molar-refractivity contribution in [2.45, 2.75) is 26.7 Å². The molecule has 1 aliphatic heterocycles. The number of carbonyl (C=O) groups is 3. The van der Waals surface area contributed by atoms with Crippen LogP contribution in [0.25, 0.3) is 0 Å². The van der Waals surface area contributed by atoms with E-state index in [0.29, 0.717) is 25.9 Å². The molecule has 1 rings (SSSR count). The van der Waals surface area contributed by atoms with E-state index in [-0.39, 0.29) is 25.0 Å². The smallest absolute Gasteiger partial charge is 0.320 e. The fourth-order valence-electron chi connectivity index (χ4n) is 2.39. The number of nitrogens with two attached hydrogens (primary N) is 1. The summed E-state index contributed by atoms with van der Waals surface area (Å²) in [4.78, 5) is 37.4. The third-order valence-electron chi connectivity index (χ3n) is 3.24. The molecule has 0 aromatic heterocycles. The fraction of sp³-hybridized carbons (Fsp3) is 0.769. The van der Waals surface area contributed by atoms with E-state index in [1.165, 1.54) is 9.80 Å². The number of rotatable bonds is 5. The molecule has 0 aliphatic carbocycles. The van der Waals surface area contributed by atoms with E-state index in [0.717, 1.165) is 0 Å². The van der Waals surface area contributed by atoms with Crippen LogP contribution in [0.3, 0.4) is 0 Å². The number of likely N-dealkylation sites (tertiary alicyclic amines) is 1. The number of amides is 3. The number of carboxylic acid groups (broad SMARTS) is 1. The number of carboxylic acids is 1. The van der Waals surface area contributed by atoms with Gasteiger partial charge < -0.3 is 20.6 Å². The highest BCUT2D eigenvalue weighted by atomic mass is 16.4. The molecule has 1 saturated heterocycles. The zero-order valence-corrected chi connectivity index (χ0v) is 12.0. The first-order chi connectivity index (χ1) is 9.31. The Labute approximate surface area is 118 Å². The maximum Gasteiger partial charge on any atom is 0.320 e. The average Bonchev–Trinajstić information content (AvgIpc) is 2.36. The van der Waals surface area contributed by atoms with Gasteiger partial charge in [-0.3, -0.25) is 9.59 Å². The van der Waals surface area contributed by atoms with E-state index >= 15 is 0 Å². The van der Waals surface area contributed by atoms with Gasteiger partial charge in [-0.15, -0.1) is 0 Å². The van der Waals surface area contributed by atoms with Crippen LogP contribution in [-0.2, 0) is 9.59 Å².